The molecule has 29 heavy (non-hydrogen) atoms. The zero-order valence-corrected chi connectivity index (χ0v) is 16.0. The van der Waals surface area contributed by atoms with E-state index in [0.29, 0.717) is 17.0 Å². The van der Waals surface area contributed by atoms with Crippen molar-refractivity contribution in [3.05, 3.63) is 59.9 Å². The molecule has 0 saturated heterocycles. The fourth-order valence-electron chi connectivity index (χ4n) is 2.89. The minimum atomic E-state index is -0.720. The van der Waals surface area contributed by atoms with Crippen LogP contribution in [0.4, 0.5) is 10.1 Å². The second kappa shape index (κ2) is 9.18. The first-order valence-corrected chi connectivity index (χ1v) is 9.11. The number of rotatable bonds is 6. The van der Waals surface area contributed by atoms with E-state index in [1.807, 2.05) is 0 Å². The van der Waals surface area contributed by atoms with Gasteiger partial charge >= 0.3 is 5.97 Å². The Labute approximate surface area is 167 Å². The van der Waals surface area contributed by atoms with Crippen LogP contribution in [0.5, 0.6) is 5.75 Å². The van der Waals surface area contributed by atoms with Gasteiger partial charge in [0.05, 0.1) is 18.7 Å². The summed E-state index contributed by atoms with van der Waals surface area (Å²) < 4.78 is 24.3. The molecule has 3 rings (SSSR count). The number of nitrogens with zero attached hydrogens (tertiary/aromatic N) is 2. The highest BCUT2D eigenvalue weighted by molar-refractivity contribution is 5.99. The van der Waals surface area contributed by atoms with Crippen LogP contribution in [0.3, 0.4) is 0 Å². The molecule has 152 valence electrons. The lowest BCUT2D eigenvalue weighted by atomic mass is 10.2. The third kappa shape index (κ3) is 5.10. The van der Waals surface area contributed by atoms with Crippen LogP contribution in [-0.2, 0) is 25.7 Å². The van der Waals surface area contributed by atoms with Gasteiger partial charge in [-0.15, -0.1) is 0 Å². The second-order valence-electron chi connectivity index (χ2n) is 6.55. The number of para-hydroxylation sites is 2. The number of hydrogen-bond acceptors (Lipinski definition) is 5. The van der Waals surface area contributed by atoms with Crippen molar-refractivity contribution in [2.24, 2.45) is 0 Å². The first kappa shape index (κ1) is 20.3. The lowest BCUT2D eigenvalue weighted by Crippen LogP contribution is -2.37. The molecule has 0 unspecified atom stereocenters. The Bertz CT molecular complexity index is 917. The summed E-state index contributed by atoms with van der Waals surface area (Å²) in [7, 11) is 1.49. The molecule has 0 saturated carbocycles. The van der Waals surface area contributed by atoms with E-state index in [4.69, 9.17) is 9.47 Å². The van der Waals surface area contributed by atoms with Crippen LogP contribution < -0.4 is 9.64 Å². The molecule has 1 aliphatic rings. The van der Waals surface area contributed by atoms with Gasteiger partial charge in [0, 0.05) is 19.2 Å². The Hall–Kier alpha value is -3.42. The summed E-state index contributed by atoms with van der Waals surface area (Å²) in [6.07, 6.45) is 0.131. The lowest BCUT2D eigenvalue weighted by molar-refractivity contribution is -0.150. The third-order valence-electron chi connectivity index (χ3n) is 4.47. The van der Waals surface area contributed by atoms with Crippen LogP contribution in [0.1, 0.15) is 12.0 Å². The van der Waals surface area contributed by atoms with Crippen molar-refractivity contribution in [1.29, 1.82) is 0 Å². The van der Waals surface area contributed by atoms with E-state index < -0.39 is 24.3 Å². The highest BCUT2D eigenvalue weighted by Gasteiger charge is 2.26. The van der Waals surface area contributed by atoms with Crippen LogP contribution in [0.2, 0.25) is 0 Å². The predicted molar refractivity (Wildman–Crippen MR) is 103 cm³/mol. The number of fused-ring (bicyclic) bond motifs is 1. The summed E-state index contributed by atoms with van der Waals surface area (Å²) in [6.45, 7) is -0.549. The van der Waals surface area contributed by atoms with Crippen molar-refractivity contribution in [2.75, 3.05) is 31.7 Å². The summed E-state index contributed by atoms with van der Waals surface area (Å²) in [5.74, 6) is -1.37. The zero-order valence-electron chi connectivity index (χ0n) is 16.0. The fourth-order valence-corrected chi connectivity index (χ4v) is 2.89. The highest BCUT2D eigenvalue weighted by Crippen LogP contribution is 2.30. The van der Waals surface area contributed by atoms with Gasteiger partial charge in [-0.2, -0.15) is 0 Å². The van der Waals surface area contributed by atoms with Gasteiger partial charge in [0.2, 0.25) is 5.91 Å². The lowest BCUT2D eigenvalue weighted by Gasteiger charge is -2.21. The number of carbonyl (C=O) groups excluding carboxylic acids is 3. The predicted octanol–water partition coefficient (Wildman–Crippen LogP) is 2.14. The normalized spacial score (nSPS) is 13.2. The van der Waals surface area contributed by atoms with E-state index in [-0.39, 0.29) is 32.0 Å². The molecular weight excluding hydrogens is 379 g/mol. The molecule has 0 radical (unpaired) electrons. The van der Waals surface area contributed by atoms with Crippen molar-refractivity contribution in [2.45, 2.75) is 13.0 Å². The number of esters is 1. The van der Waals surface area contributed by atoms with Gasteiger partial charge in [-0.25, -0.2) is 4.39 Å². The molecule has 2 aromatic rings. The SMILES string of the molecule is CN(Cc1ccccc1F)C(=O)COC(=O)CN1C(=O)CCOc2ccccc21. The largest absolute Gasteiger partial charge is 0.491 e. The summed E-state index contributed by atoms with van der Waals surface area (Å²) in [5, 5.41) is 0. The topological polar surface area (TPSA) is 76.2 Å². The van der Waals surface area contributed by atoms with Crippen LogP contribution in [-0.4, -0.2) is 49.5 Å². The molecular formula is C21H21FN2O5. The van der Waals surface area contributed by atoms with E-state index in [0.717, 1.165) is 0 Å². The molecule has 7 nitrogen and oxygen atoms in total. The number of likely N-dealkylation sites (N-methyl/N-ethyl adjacent to an activating group) is 1. The van der Waals surface area contributed by atoms with E-state index in [1.54, 1.807) is 42.5 Å². The number of hydrogen-bond donors (Lipinski definition) is 0. The van der Waals surface area contributed by atoms with E-state index >= 15 is 0 Å². The third-order valence-corrected chi connectivity index (χ3v) is 4.47. The Morgan fingerprint density at radius 2 is 1.90 bits per heavy atom. The quantitative estimate of drug-likeness (QED) is 0.695. The zero-order chi connectivity index (χ0) is 20.8. The molecule has 1 aliphatic heterocycles. The van der Waals surface area contributed by atoms with Gasteiger partial charge in [0.1, 0.15) is 18.1 Å². The Morgan fingerprint density at radius 1 is 1.17 bits per heavy atom. The average Bonchev–Trinajstić information content (AvgIpc) is 2.87. The molecule has 0 aliphatic carbocycles. The van der Waals surface area contributed by atoms with Gasteiger partial charge in [0.15, 0.2) is 6.61 Å². The first-order valence-electron chi connectivity index (χ1n) is 9.11. The maximum Gasteiger partial charge on any atom is 0.326 e. The van der Waals surface area contributed by atoms with Crippen molar-refractivity contribution in [3.8, 4) is 5.75 Å². The number of anilines is 1. The highest BCUT2D eigenvalue weighted by atomic mass is 19.1. The van der Waals surface area contributed by atoms with Gasteiger partial charge in [-0.1, -0.05) is 30.3 Å². The molecule has 0 aromatic heterocycles. The number of ether oxygens (including phenoxy) is 2. The molecule has 8 heteroatoms. The second-order valence-corrected chi connectivity index (χ2v) is 6.55. The maximum absolute atomic E-state index is 13.7. The van der Waals surface area contributed by atoms with Crippen molar-refractivity contribution >= 4 is 23.5 Å². The number of carbonyl (C=O) groups is 3. The minimum Gasteiger partial charge on any atom is -0.491 e. The number of benzene rings is 2. The Morgan fingerprint density at radius 3 is 2.69 bits per heavy atom. The van der Waals surface area contributed by atoms with E-state index in [2.05, 4.69) is 0 Å². The van der Waals surface area contributed by atoms with Crippen LogP contribution >= 0.6 is 0 Å². The first-order chi connectivity index (χ1) is 14.0. The maximum atomic E-state index is 13.7. The van der Waals surface area contributed by atoms with Gasteiger partial charge in [-0.3, -0.25) is 19.3 Å². The van der Waals surface area contributed by atoms with Crippen LogP contribution in [0.15, 0.2) is 48.5 Å². The molecule has 2 amide bonds. The summed E-state index contributed by atoms with van der Waals surface area (Å²) in [6, 6.07) is 13.0. The van der Waals surface area contributed by atoms with Gasteiger partial charge in [0.25, 0.3) is 5.91 Å². The van der Waals surface area contributed by atoms with Crippen LogP contribution in [0, 0.1) is 5.82 Å². The molecule has 2 aromatic carbocycles. The molecule has 0 fully saturated rings. The van der Waals surface area contributed by atoms with Crippen molar-refractivity contribution in [1.82, 2.24) is 4.90 Å². The minimum absolute atomic E-state index is 0.0540. The number of halogens is 1. The smallest absolute Gasteiger partial charge is 0.326 e. The van der Waals surface area contributed by atoms with Gasteiger partial charge in [-0.05, 0) is 18.2 Å². The fraction of sp³-hybridized carbons (Fsp3) is 0.286. The number of amides is 2. The Balaban J connectivity index is 1.56. The molecule has 0 bridgehead atoms. The molecule has 0 N–H and O–H groups in total. The molecule has 0 atom stereocenters. The van der Waals surface area contributed by atoms with Crippen molar-refractivity contribution in [3.63, 3.8) is 0 Å². The van der Waals surface area contributed by atoms with E-state index in [1.165, 1.54) is 22.9 Å². The monoisotopic (exact) mass is 400 g/mol. The summed E-state index contributed by atoms with van der Waals surface area (Å²) >= 11 is 0. The summed E-state index contributed by atoms with van der Waals surface area (Å²) in [4.78, 5) is 39.3. The van der Waals surface area contributed by atoms with Crippen molar-refractivity contribution < 1.29 is 28.2 Å². The standard InChI is InChI=1S/C21H21FN2O5/c1-23(12-15-6-2-3-7-16(15)22)20(26)14-29-21(27)13-24-17-8-4-5-9-18(17)28-11-10-19(24)25/h2-9H,10-14H2,1H3. The molecule has 1 heterocycles. The summed E-state index contributed by atoms with van der Waals surface area (Å²) in [5.41, 5.74) is 0.844. The van der Waals surface area contributed by atoms with E-state index in [9.17, 15) is 18.8 Å². The van der Waals surface area contributed by atoms with Gasteiger partial charge < -0.3 is 14.4 Å². The van der Waals surface area contributed by atoms with Crippen LogP contribution in [0.25, 0.3) is 0 Å². The Kier molecular flexibility index (Phi) is 6.43. The average molecular weight is 400 g/mol. The molecule has 0 spiro atoms.